The highest BCUT2D eigenvalue weighted by Crippen LogP contribution is 2.33. The first kappa shape index (κ1) is 21.1. The molecule has 1 aliphatic carbocycles. The number of carboxylic acid groups (broad SMARTS) is 1. The Morgan fingerprint density at radius 2 is 1.96 bits per heavy atom. The van der Waals surface area contributed by atoms with Crippen LogP contribution in [0.2, 0.25) is 0 Å². The van der Waals surface area contributed by atoms with Gasteiger partial charge in [-0.25, -0.2) is 0 Å². The maximum atomic E-state index is 12.2. The second-order valence-corrected chi connectivity index (χ2v) is 7.06. The highest BCUT2D eigenvalue weighted by molar-refractivity contribution is 5.84. The summed E-state index contributed by atoms with van der Waals surface area (Å²) in [6.45, 7) is 0. The number of aliphatic hydroxyl groups excluding tert-OH is 2. The smallest absolute Gasteiger partial charge is 0.303 e. The molecule has 0 amide bonds. The number of carbonyl (C=O) groups is 2. The zero-order valence-corrected chi connectivity index (χ0v) is 15.4. The predicted octanol–water partition coefficient (Wildman–Crippen LogP) is 2.91. The van der Waals surface area contributed by atoms with E-state index in [0.29, 0.717) is 25.7 Å². The number of aliphatic hydroxyl groups is 2. The molecule has 0 aromatic heterocycles. The topological polar surface area (TPSA) is 94.8 Å². The van der Waals surface area contributed by atoms with Crippen LogP contribution in [-0.2, 0) is 16.0 Å². The van der Waals surface area contributed by atoms with E-state index in [2.05, 4.69) is 0 Å². The molecule has 3 unspecified atom stereocenters. The first-order valence-corrected chi connectivity index (χ1v) is 9.45. The fourth-order valence-corrected chi connectivity index (χ4v) is 3.44. The van der Waals surface area contributed by atoms with Gasteiger partial charge in [-0.15, -0.1) is 0 Å². The lowest BCUT2D eigenvalue weighted by atomic mass is 9.90. The van der Waals surface area contributed by atoms with Gasteiger partial charge in [0, 0.05) is 31.1 Å². The second kappa shape index (κ2) is 10.8. The molecule has 0 heterocycles. The average molecular weight is 372 g/mol. The van der Waals surface area contributed by atoms with Gasteiger partial charge in [0.2, 0.25) is 0 Å². The molecule has 0 saturated heterocycles. The molecule has 146 valence electrons. The van der Waals surface area contributed by atoms with Gasteiger partial charge in [0.15, 0.2) is 0 Å². The van der Waals surface area contributed by atoms with Gasteiger partial charge < -0.3 is 15.3 Å². The van der Waals surface area contributed by atoms with Crippen molar-refractivity contribution in [3.05, 3.63) is 60.2 Å². The second-order valence-electron chi connectivity index (χ2n) is 7.06. The minimum Gasteiger partial charge on any atom is -0.481 e. The van der Waals surface area contributed by atoms with Crippen molar-refractivity contribution in [2.75, 3.05) is 0 Å². The Bertz CT molecular complexity index is 665. The maximum Gasteiger partial charge on any atom is 0.303 e. The van der Waals surface area contributed by atoms with E-state index in [-0.39, 0.29) is 30.5 Å². The minimum absolute atomic E-state index is 0.0323. The van der Waals surface area contributed by atoms with Crippen LogP contribution in [0.4, 0.5) is 0 Å². The Morgan fingerprint density at radius 3 is 2.67 bits per heavy atom. The number of hydrogen-bond donors (Lipinski definition) is 3. The van der Waals surface area contributed by atoms with Gasteiger partial charge in [-0.05, 0) is 24.8 Å². The number of carboxylic acids is 1. The fourth-order valence-electron chi connectivity index (χ4n) is 3.44. The van der Waals surface area contributed by atoms with Crippen LogP contribution in [0.3, 0.4) is 0 Å². The Morgan fingerprint density at radius 1 is 1.22 bits per heavy atom. The maximum absolute atomic E-state index is 12.2. The van der Waals surface area contributed by atoms with E-state index in [9.17, 15) is 19.8 Å². The molecule has 5 nitrogen and oxygen atoms in total. The van der Waals surface area contributed by atoms with Crippen LogP contribution in [0.25, 0.3) is 0 Å². The van der Waals surface area contributed by atoms with Crippen LogP contribution in [-0.4, -0.2) is 39.3 Å². The lowest BCUT2D eigenvalue weighted by molar-refractivity contribution is -0.137. The van der Waals surface area contributed by atoms with E-state index in [4.69, 9.17) is 5.11 Å². The first-order chi connectivity index (χ1) is 13.0. The van der Waals surface area contributed by atoms with Gasteiger partial charge in [0.1, 0.15) is 5.78 Å². The van der Waals surface area contributed by atoms with Crippen LogP contribution in [0.1, 0.15) is 37.7 Å². The number of Topliss-reactive ketones (excluding diaryl/α,β-unsaturated/α-hetero) is 1. The summed E-state index contributed by atoms with van der Waals surface area (Å²) < 4.78 is 0. The van der Waals surface area contributed by atoms with Crippen molar-refractivity contribution in [1.29, 1.82) is 0 Å². The van der Waals surface area contributed by atoms with E-state index in [1.165, 1.54) is 0 Å². The zero-order valence-electron chi connectivity index (χ0n) is 15.4. The lowest BCUT2D eigenvalue weighted by Crippen LogP contribution is -2.19. The van der Waals surface area contributed by atoms with Crippen molar-refractivity contribution in [3.8, 4) is 0 Å². The first-order valence-electron chi connectivity index (χ1n) is 9.45. The highest BCUT2D eigenvalue weighted by Gasteiger charge is 2.39. The molecule has 0 spiro atoms. The van der Waals surface area contributed by atoms with Gasteiger partial charge in [0.25, 0.3) is 0 Å². The molecule has 1 aliphatic rings. The van der Waals surface area contributed by atoms with Gasteiger partial charge in [-0.1, -0.05) is 54.6 Å². The van der Waals surface area contributed by atoms with Gasteiger partial charge in [-0.2, -0.15) is 0 Å². The summed E-state index contributed by atoms with van der Waals surface area (Å²) in [5, 5.41) is 29.0. The summed E-state index contributed by atoms with van der Waals surface area (Å²) in [5.74, 6) is -1.37. The molecular formula is C22H28O5. The number of carbonyl (C=O) groups excluding carboxylic acids is 1. The summed E-state index contributed by atoms with van der Waals surface area (Å²) >= 11 is 0. The summed E-state index contributed by atoms with van der Waals surface area (Å²) in [6.07, 6.45) is 8.36. The molecule has 3 N–H and O–H groups in total. The Kier molecular flexibility index (Phi) is 8.43. The summed E-state index contributed by atoms with van der Waals surface area (Å²) in [7, 11) is 0. The SMILES string of the molecule is O=C(O)CCC/C=C\CC1C(=O)CC(O)[C@@H]1/C=C/C(O)Cc1ccccc1. The molecular weight excluding hydrogens is 344 g/mol. The molecule has 1 saturated carbocycles. The third-order valence-corrected chi connectivity index (χ3v) is 4.89. The van der Waals surface area contributed by atoms with Crippen molar-refractivity contribution >= 4 is 11.8 Å². The molecule has 27 heavy (non-hydrogen) atoms. The number of aliphatic carboxylic acids is 1. The number of rotatable bonds is 10. The standard InChI is InChI=1S/C22H28O5/c23-17(14-16-8-4-3-5-9-16)12-13-19-18(20(24)15-21(19)25)10-6-1-2-7-11-22(26)27/h1,3-6,8-9,12-13,17-19,21,23,25H,2,7,10-11,14-15H2,(H,26,27)/b6-1-,13-12+/t17?,18?,19-,21?/m1/s1. The zero-order chi connectivity index (χ0) is 19.6. The number of ketones is 1. The number of allylic oxidation sites excluding steroid dienone is 2. The third kappa shape index (κ3) is 7.12. The van der Waals surface area contributed by atoms with Crippen molar-refractivity contribution in [2.24, 2.45) is 11.8 Å². The summed E-state index contributed by atoms with van der Waals surface area (Å²) in [6, 6.07) is 9.66. The molecule has 5 heteroatoms. The number of unbranched alkanes of at least 4 members (excludes halogenated alkanes) is 1. The highest BCUT2D eigenvalue weighted by atomic mass is 16.4. The minimum atomic E-state index is -0.809. The van der Waals surface area contributed by atoms with E-state index in [0.717, 1.165) is 5.56 Å². The van der Waals surface area contributed by atoms with Crippen LogP contribution in [0.5, 0.6) is 0 Å². The predicted molar refractivity (Wildman–Crippen MR) is 103 cm³/mol. The molecule has 2 rings (SSSR count). The Balaban J connectivity index is 1.87. The largest absolute Gasteiger partial charge is 0.481 e. The Labute approximate surface area is 160 Å². The van der Waals surface area contributed by atoms with Crippen molar-refractivity contribution in [1.82, 2.24) is 0 Å². The molecule has 1 fully saturated rings. The molecule has 4 atom stereocenters. The van der Waals surface area contributed by atoms with Crippen molar-refractivity contribution < 1.29 is 24.9 Å². The summed E-state index contributed by atoms with van der Waals surface area (Å²) in [4.78, 5) is 22.7. The number of benzene rings is 1. The number of hydrogen-bond acceptors (Lipinski definition) is 4. The van der Waals surface area contributed by atoms with Crippen LogP contribution >= 0.6 is 0 Å². The lowest BCUT2D eigenvalue weighted by Gasteiger charge is -2.16. The Hall–Kier alpha value is -2.24. The molecule has 1 aromatic carbocycles. The van der Waals surface area contributed by atoms with E-state index in [1.807, 2.05) is 42.5 Å². The van der Waals surface area contributed by atoms with E-state index in [1.54, 1.807) is 12.2 Å². The monoisotopic (exact) mass is 372 g/mol. The van der Waals surface area contributed by atoms with Crippen LogP contribution < -0.4 is 0 Å². The van der Waals surface area contributed by atoms with Gasteiger partial charge in [0.05, 0.1) is 12.2 Å². The summed E-state index contributed by atoms with van der Waals surface area (Å²) in [5.41, 5.74) is 1.03. The molecule has 0 bridgehead atoms. The van der Waals surface area contributed by atoms with E-state index < -0.39 is 18.2 Å². The molecule has 0 radical (unpaired) electrons. The normalized spacial score (nSPS) is 24.1. The van der Waals surface area contributed by atoms with Crippen molar-refractivity contribution in [2.45, 2.75) is 50.7 Å². The third-order valence-electron chi connectivity index (χ3n) is 4.89. The van der Waals surface area contributed by atoms with Crippen molar-refractivity contribution in [3.63, 3.8) is 0 Å². The quantitative estimate of drug-likeness (QED) is 0.434. The van der Waals surface area contributed by atoms with E-state index >= 15 is 0 Å². The molecule has 1 aromatic rings. The van der Waals surface area contributed by atoms with Crippen LogP contribution in [0, 0.1) is 11.8 Å². The average Bonchev–Trinajstić information content (AvgIpc) is 2.89. The van der Waals surface area contributed by atoms with Gasteiger partial charge in [-0.3, -0.25) is 9.59 Å². The molecule has 0 aliphatic heterocycles. The van der Waals surface area contributed by atoms with Gasteiger partial charge >= 0.3 is 5.97 Å². The van der Waals surface area contributed by atoms with Crippen LogP contribution in [0.15, 0.2) is 54.6 Å². The fraction of sp³-hybridized carbons (Fsp3) is 0.455.